The third kappa shape index (κ3) is 4.39. The van der Waals surface area contributed by atoms with Gasteiger partial charge in [0.2, 0.25) is 0 Å². The van der Waals surface area contributed by atoms with Crippen molar-refractivity contribution in [3.8, 4) is 0 Å². The number of benzene rings is 2. The summed E-state index contributed by atoms with van der Waals surface area (Å²) in [4.78, 5) is 36.2. The topological polar surface area (TPSA) is 68.2 Å². The number of aryl methyl sites for hydroxylation is 1. The molecule has 0 unspecified atom stereocenters. The first-order valence-electron chi connectivity index (χ1n) is 8.61. The Morgan fingerprint density at radius 3 is 2.22 bits per heavy atom. The van der Waals surface area contributed by atoms with Gasteiger partial charge in [-0.25, -0.2) is 0 Å². The minimum absolute atomic E-state index is 0.0575. The summed E-state index contributed by atoms with van der Waals surface area (Å²) in [6, 6.07) is 17.8. The number of Topliss-reactive ketones (excluding diaryl/α,β-unsaturated/α-hetero) is 2. The van der Waals surface area contributed by atoms with Crippen LogP contribution in [0.2, 0.25) is 0 Å². The van der Waals surface area contributed by atoms with Crippen molar-refractivity contribution in [2.24, 2.45) is 0 Å². The third-order valence-corrected chi connectivity index (χ3v) is 4.29. The van der Waals surface area contributed by atoms with Crippen LogP contribution in [0.4, 0.5) is 5.69 Å². The molecule has 3 rings (SSSR count). The Morgan fingerprint density at radius 1 is 0.926 bits per heavy atom. The van der Waals surface area contributed by atoms with E-state index in [9.17, 15) is 14.4 Å². The van der Waals surface area contributed by atoms with Crippen molar-refractivity contribution < 1.29 is 14.4 Å². The highest BCUT2D eigenvalue weighted by atomic mass is 16.2. The van der Waals surface area contributed by atoms with Gasteiger partial charge in [0.25, 0.3) is 11.7 Å². The van der Waals surface area contributed by atoms with Gasteiger partial charge in [-0.05, 0) is 55.8 Å². The average Bonchev–Trinajstić information content (AvgIpc) is 3.11. The molecule has 0 saturated carbocycles. The van der Waals surface area contributed by atoms with Crippen molar-refractivity contribution in [1.82, 2.24) is 4.57 Å². The molecule has 1 heterocycles. The van der Waals surface area contributed by atoms with Crippen molar-refractivity contribution in [3.63, 3.8) is 0 Å². The Hall–Kier alpha value is -3.47. The summed E-state index contributed by atoms with van der Waals surface area (Å²) in [6.45, 7) is 4.00. The van der Waals surface area contributed by atoms with Gasteiger partial charge in [-0.15, -0.1) is 0 Å². The molecule has 0 fully saturated rings. The summed E-state index contributed by atoms with van der Waals surface area (Å²) in [5.41, 5.74) is 3.55. The molecule has 0 radical (unpaired) electrons. The largest absolute Gasteiger partial charge is 0.340 e. The third-order valence-electron chi connectivity index (χ3n) is 4.29. The summed E-state index contributed by atoms with van der Waals surface area (Å²) in [7, 11) is 0. The van der Waals surface area contributed by atoms with Crippen molar-refractivity contribution in [3.05, 3.63) is 89.2 Å². The molecule has 1 aromatic heterocycles. The number of hydrogen-bond donors (Lipinski definition) is 1. The standard InChI is InChI=1S/C22H20N2O3/c1-15-5-7-17(8-6-15)14-24-13-3-4-20(24)21(26)22(27)23-19-11-9-18(10-12-19)16(2)25/h3-13H,14H2,1-2H3,(H,23,27). The van der Waals surface area contributed by atoms with Gasteiger partial charge in [-0.1, -0.05) is 29.8 Å². The molecule has 0 saturated heterocycles. The molecule has 2 aromatic carbocycles. The second kappa shape index (κ2) is 7.83. The van der Waals surface area contributed by atoms with E-state index in [0.29, 0.717) is 23.5 Å². The number of aromatic nitrogens is 1. The van der Waals surface area contributed by atoms with Crippen molar-refractivity contribution >= 4 is 23.2 Å². The number of carbonyl (C=O) groups excluding carboxylic acids is 3. The molecule has 0 atom stereocenters. The van der Waals surface area contributed by atoms with Crippen LogP contribution in [0.1, 0.15) is 38.9 Å². The van der Waals surface area contributed by atoms with Gasteiger partial charge in [0.05, 0.1) is 5.69 Å². The molecule has 27 heavy (non-hydrogen) atoms. The summed E-state index contributed by atoms with van der Waals surface area (Å²) in [6.07, 6.45) is 1.78. The Kier molecular flexibility index (Phi) is 5.31. The van der Waals surface area contributed by atoms with Crippen LogP contribution in [0, 0.1) is 6.92 Å². The van der Waals surface area contributed by atoms with Crippen LogP contribution in [0.25, 0.3) is 0 Å². The average molecular weight is 360 g/mol. The lowest BCUT2D eigenvalue weighted by Gasteiger charge is -2.10. The van der Waals surface area contributed by atoms with Crippen LogP contribution in [-0.4, -0.2) is 22.0 Å². The quantitative estimate of drug-likeness (QED) is 0.536. The van der Waals surface area contributed by atoms with E-state index in [1.54, 1.807) is 47.2 Å². The number of ketones is 2. The Labute approximate surface area is 157 Å². The van der Waals surface area contributed by atoms with E-state index in [4.69, 9.17) is 0 Å². The number of nitrogens with zero attached hydrogens (tertiary/aromatic N) is 1. The van der Waals surface area contributed by atoms with E-state index in [1.165, 1.54) is 6.92 Å². The molecule has 5 heteroatoms. The van der Waals surface area contributed by atoms with E-state index in [0.717, 1.165) is 11.1 Å². The Bertz CT molecular complexity index is 983. The molecule has 0 aliphatic carbocycles. The van der Waals surface area contributed by atoms with Crippen LogP contribution in [0.15, 0.2) is 66.9 Å². The van der Waals surface area contributed by atoms with Crippen LogP contribution in [-0.2, 0) is 11.3 Å². The summed E-state index contributed by atoms with van der Waals surface area (Å²) in [5.74, 6) is -1.38. The lowest BCUT2D eigenvalue weighted by molar-refractivity contribution is -0.112. The monoisotopic (exact) mass is 360 g/mol. The second-order valence-corrected chi connectivity index (χ2v) is 6.42. The minimum atomic E-state index is -0.713. The van der Waals surface area contributed by atoms with E-state index in [-0.39, 0.29) is 5.78 Å². The van der Waals surface area contributed by atoms with E-state index < -0.39 is 11.7 Å². The zero-order chi connectivity index (χ0) is 19.4. The molecule has 0 aliphatic heterocycles. The highest BCUT2D eigenvalue weighted by Crippen LogP contribution is 2.13. The van der Waals surface area contributed by atoms with E-state index in [1.807, 2.05) is 31.2 Å². The normalized spacial score (nSPS) is 10.4. The number of carbonyl (C=O) groups is 3. The maximum atomic E-state index is 12.6. The van der Waals surface area contributed by atoms with E-state index >= 15 is 0 Å². The number of amides is 1. The minimum Gasteiger partial charge on any atom is -0.340 e. The lowest BCUT2D eigenvalue weighted by atomic mass is 10.1. The lowest BCUT2D eigenvalue weighted by Crippen LogP contribution is -2.25. The van der Waals surface area contributed by atoms with Crippen LogP contribution in [0.3, 0.4) is 0 Å². The first-order valence-corrected chi connectivity index (χ1v) is 8.61. The summed E-state index contributed by atoms with van der Waals surface area (Å²) >= 11 is 0. The Balaban J connectivity index is 1.72. The fourth-order valence-electron chi connectivity index (χ4n) is 2.74. The molecular weight excluding hydrogens is 340 g/mol. The van der Waals surface area contributed by atoms with Crippen LogP contribution < -0.4 is 5.32 Å². The van der Waals surface area contributed by atoms with Crippen LogP contribution in [0.5, 0.6) is 0 Å². The predicted octanol–water partition coefficient (Wildman–Crippen LogP) is 3.87. The molecular formula is C22H20N2O3. The van der Waals surface area contributed by atoms with Crippen molar-refractivity contribution in [2.45, 2.75) is 20.4 Å². The smallest absolute Gasteiger partial charge is 0.298 e. The Morgan fingerprint density at radius 2 is 1.59 bits per heavy atom. The number of anilines is 1. The first kappa shape index (κ1) is 18.3. The zero-order valence-electron chi connectivity index (χ0n) is 15.2. The highest BCUT2D eigenvalue weighted by Gasteiger charge is 2.20. The fraction of sp³-hybridized carbons (Fsp3) is 0.136. The number of rotatable bonds is 6. The van der Waals surface area contributed by atoms with Gasteiger partial charge in [0, 0.05) is 24.0 Å². The first-order chi connectivity index (χ1) is 12.9. The summed E-state index contributed by atoms with van der Waals surface area (Å²) in [5, 5.41) is 2.58. The molecule has 1 N–H and O–H groups in total. The molecule has 5 nitrogen and oxygen atoms in total. The molecule has 136 valence electrons. The van der Waals surface area contributed by atoms with Crippen molar-refractivity contribution in [1.29, 1.82) is 0 Å². The molecule has 0 bridgehead atoms. The van der Waals surface area contributed by atoms with Gasteiger partial charge in [0.1, 0.15) is 0 Å². The highest BCUT2D eigenvalue weighted by molar-refractivity contribution is 6.46. The van der Waals surface area contributed by atoms with Crippen LogP contribution >= 0.6 is 0 Å². The maximum Gasteiger partial charge on any atom is 0.298 e. The summed E-state index contributed by atoms with van der Waals surface area (Å²) < 4.78 is 1.76. The van der Waals surface area contributed by atoms with Gasteiger partial charge in [0.15, 0.2) is 5.78 Å². The number of nitrogens with one attached hydrogen (secondary N) is 1. The SMILES string of the molecule is CC(=O)c1ccc(NC(=O)C(=O)c2cccn2Cc2ccc(C)cc2)cc1. The molecule has 0 aliphatic rings. The number of hydrogen-bond acceptors (Lipinski definition) is 3. The zero-order valence-corrected chi connectivity index (χ0v) is 15.2. The molecule has 3 aromatic rings. The molecule has 1 amide bonds. The maximum absolute atomic E-state index is 12.6. The van der Waals surface area contributed by atoms with Gasteiger partial charge in [-0.2, -0.15) is 0 Å². The van der Waals surface area contributed by atoms with Gasteiger partial charge >= 0.3 is 0 Å². The van der Waals surface area contributed by atoms with Gasteiger partial charge in [-0.3, -0.25) is 14.4 Å². The van der Waals surface area contributed by atoms with Crippen molar-refractivity contribution in [2.75, 3.05) is 5.32 Å². The fourth-order valence-corrected chi connectivity index (χ4v) is 2.74. The second-order valence-electron chi connectivity index (χ2n) is 6.42. The predicted molar refractivity (Wildman–Crippen MR) is 104 cm³/mol. The van der Waals surface area contributed by atoms with E-state index in [2.05, 4.69) is 5.32 Å². The van der Waals surface area contributed by atoms with Gasteiger partial charge < -0.3 is 9.88 Å². The molecule has 0 spiro atoms.